The molecule has 22 heavy (non-hydrogen) atoms. The first-order valence-electron chi connectivity index (χ1n) is 6.68. The van der Waals surface area contributed by atoms with E-state index in [1.165, 1.54) is 11.3 Å². The van der Waals surface area contributed by atoms with Crippen LogP contribution in [0.4, 0.5) is 0 Å². The number of nitrogens with zero attached hydrogens (tertiary/aromatic N) is 1. The van der Waals surface area contributed by atoms with Gasteiger partial charge < -0.3 is 4.42 Å². The van der Waals surface area contributed by atoms with E-state index in [2.05, 4.69) is 9.71 Å². The standard InChI is InChI=1S/C15H14N2O3S2/c18-22(19,14-7-4-10-21-14)16-9-8-13-11-20-15(17-13)12-5-2-1-3-6-12/h1-7,10-11,16H,8-9H2. The second-order valence-corrected chi connectivity index (χ2v) is 7.53. The van der Waals surface area contributed by atoms with Crippen LogP contribution in [0, 0.1) is 0 Å². The number of nitrogens with one attached hydrogen (secondary N) is 1. The lowest BCUT2D eigenvalue weighted by atomic mass is 10.2. The van der Waals surface area contributed by atoms with E-state index in [9.17, 15) is 8.42 Å². The average Bonchev–Trinajstić information content (AvgIpc) is 3.20. The molecule has 0 spiro atoms. The van der Waals surface area contributed by atoms with Crippen molar-refractivity contribution in [3.63, 3.8) is 0 Å². The van der Waals surface area contributed by atoms with Crippen LogP contribution >= 0.6 is 11.3 Å². The molecule has 0 saturated carbocycles. The highest BCUT2D eigenvalue weighted by Crippen LogP contribution is 2.18. The van der Waals surface area contributed by atoms with E-state index in [-0.39, 0.29) is 6.54 Å². The van der Waals surface area contributed by atoms with Crippen molar-refractivity contribution in [2.24, 2.45) is 0 Å². The number of rotatable bonds is 6. The SMILES string of the molecule is O=S(=O)(NCCc1coc(-c2ccccc2)n1)c1cccs1. The van der Waals surface area contributed by atoms with Gasteiger partial charge in [0.2, 0.25) is 15.9 Å². The molecule has 2 aromatic heterocycles. The molecule has 2 heterocycles. The number of benzene rings is 1. The van der Waals surface area contributed by atoms with E-state index in [1.54, 1.807) is 23.8 Å². The second kappa shape index (κ2) is 6.43. The molecule has 1 N–H and O–H groups in total. The zero-order chi connectivity index (χ0) is 15.4. The molecule has 0 saturated heterocycles. The number of hydrogen-bond acceptors (Lipinski definition) is 5. The summed E-state index contributed by atoms with van der Waals surface area (Å²) in [5.74, 6) is 0.539. The number of hydrogen-bond donors (Lipinski definition) is 1. The van der Waals surface area contributed by atoms with Crippen molar-refractivity contribution in [3.05, 3.63) is 59.8 Å². The maximum Gasteiger partial charge on any atom is 0.250 e. The van der Waals surface area contributed by atoms with Gasteiger partial charge in [0.15, 0.2) is 0 Å². The highest BCUT2D eigenvalue weighted by Gasteiger charge is 2.14. The summed E-state index contributed by atoms with van der Waals surface area (Å²) in [6, 6.07) is 12.9. The summed E-state index contributed by atoms with van der Waals surface area (Å²) in [4.78, 5) is 4.36. The van der Waals surface area contributed by atoms with E-state index in [0.717, 1.165) is 5.56 Å². The molecule has 5 nitrogen and oxygen atoms in total. The lowest BCUT2D eigenvalue weighted by Gasteiger charge is -2.02. The van der Waals surface area contributed by atoms with Crippen molar-refractivity contribution >= 4 is 21.4 Å². The fourth-order valence-electron chi connectivity index (χ4n) is 1.94. The summed E-state index contributed by atoms with van der Waals surface area (Å²) in [6.45, 7) is 0.279. The van der Waals surface area contributed by atoms with Crippen LogP contribution in [0.5, 0.6) is 0 Å². The molecule has 0 radical (unpaired) electrons. The van der Waals surface area contributed by atoms with Gasteiger partial charge in [0.25, 0.3) is 0 Å². The van der Waals surface area contributed by atoms with Crippen molar-refractivity contribution in [2.45, 2.75) is 10.6 Å². The first kappa shape index (κ1) is 15.0. The molecule has 0 aliphatic carbocycles. The van der Waals surface area contributed by atoms with Crippen molar-refractivity contribution in [2.75, 3.05) is 6.54 Å². The van der Waals surface area contributed by atoms with Crippen LogP contribution in [0.2, 0.25) is 0 Å². The second-order valence-electron chi connectivity index (χ2n) is 4.59. The van der Waals surface area contributed by atoms with Gasteiger partial charge in [-0.05, 0) is 23.6 Å². The first-order valence-corrected chi connectivity index (χ1v) is 9.04. The molecule has 0 fully saturated rings. The van der Waals surface area contributed by atoms with Gasteiger partial charge in [0.1, 0.15) is 10.5 Å². The molecule has 0 aliphatic heterocycles. The summed E-state index contributed by atoms with van der Waals surface area (Å²) in [7, 11) is -3.42. The molecule has 0 atom stereocenters. The topological polar surface area (TPSA) is 72.2 Å². The minimum absolute atomic E-state index is 0.279. The molecule has 3 rings (SSSR count). The van der Waals surface area contributed by atoms with Crippen LogP contribution in [0.25, 0.3) is 11.5 Å². The Kier molecular flexibility index (Phi) is 4.37. The normalized spacial score (nSPS) is 11.6. The van der Waals surface area contributed by atoms with E-state index in [0.29, 0.717) is 22.2 Å². The van der Waals surface area contributed by atoms with Gasteiger partial charge in [-0.1, -0.05) is 24.3 Å². The monoisotopic (exact) mass is 334 g/mol. The van der Waals surface area contributed by atoms with Gasteiger partial charge in [0, 0.05) is 18.5 Å². The Bertz CT molecular complexity index is 825. The Morgan fingerprint density at radius 2 is 1.95 bits per heavy atom. The summed E-state index contributed by atoms with van der Waals surface area (Å²) in [5.41, 5.74) is 1.61. The Balaban J connectivity index is 1.60. The van der Waals surface area contributed by atoms with Crippen LogP contribution in [-0.2, 0) is 16.4 Å². The Labute approximate surface area is 132 Å². The van der Waals surface area contributed by atoms with E-state index in [4.69, 9.17) is 4.42 Å². The Morgan fingerprint density at radius 3 is 2.68 bits per heavy atom. The molecule has 0 bridgehead atoms. The van der Waals surface area contributed by atoms with Crippen molar-refractivity contribution < 1.29 is 12.8 Å². The molecule has 0 amide bonds. The van der Waals surface area contributed by atoms with E-state index >= 15 is 0 Å². The van der Waals surface area contributed by atoms with Gasteiger partial charge in [-0.2, -0.15) is 0 Å². The predicted octanol–water partition coefficient (Wildman–Crippen LogP) is 2.92. The maximum atomic E-state index is 12.0. The highest BCUT2D eigenvalue weighted by molar-refractivity contribution is 7.91. The van der Waals surface area contributed by atoms with Crippen LogP contribution in [0.3, 0.4) is 0 Å². The molecule has 0 unspecified atom stereocenters. The third kappa shape index (κ3) is 3.44. The zero-order valence-corrected chi connectivity index (χ0v) is 13.2. The van der Waals surface area contributed by atoms with Crippen LogP contribution in [0.1, 0.15) is 5.69 Å². The molecule has 0 aliphatic rings. The van der Waals surface area contributed by atoms with Crippen LogP contribution < -0.4 is 4.72 Å². The number of aromatic nitrogens is 1. The fraction of sp³-hybridized carbons (Fsp3) is 0.133. The zero-order valence-electron chi connectivity index (χ0n) is 11.6. The lowest BCUT2D eigenvalue weighted by Crippen LogP contribution is -2.25. The summed E-state index contributed by atoms with van der Waals surface area (Å²) in [6.07, 6.45) is 2.03. The minimum Gasteiger partial charge on any atom is -0.444 e. The Morgan fingerprint density at radius 1 is 1.14 bits per heavy atom. The summed E-state index contributed by atoms with van der Waals surface area (Å²) in [5, 5.41) is 1.73. The summed E-state index contributed by atoms with van der Waals surface area (Å²) >= 11 is 1.19. The van der Waals surface area contributed by atoms with Crippen molar-refractivity contribution in [1.29, 1.82) is 0 Å². The number of sulfonamides is 1. The van der Waals surface area contributed by atoms with Gasteiger partial charge in [-0.3, -0.25) is 0 Å². The lowest BCUT2D eigenvalue weighted by molar-refractivity contribution is 0.570. The molecular weight excluding hydrogens is 320 g/mol. The Hall–Kier alpha value is -1.96. The van der Waals surface area contributed by atoms with Crippen molar-refractivity contribution in [3.8, 4) is 11.5 Å². The van der Waals surface area contributed by atoms with Crippen LogP contribution in [0.15, 0.2) is 62.7 Å². The van der Waals surface area contributed by atoms with Crippen molar-refractivity contribution in [1.82, 2.24) is 9.71 Å². The fourth-order valence-corrected chi connectivity index (χ4v) is 4.01. The van der Waals surface area contributed by atoms with Gasteiger partial charge in [0.05, 0.1) is 5.69 Å². The molecule has 114 valence electrons. The number of thiophene rings is 1. The summed E-state index contributed by atoms with van der Waals surface area (Å²) < 4.78 is 32.2. The van der Waals surface area contributed by atoms with Gasteiger partial charge >= 0.3 is 0 Å². The quantitative estimate of drug-likeness (QED) is 0.752. The van der Waals surface area contributed by atoms with E-state index < -0.39 is 10.0 Å². The molecule has 3 aromatic rings. The smallest absolute Gasteiger partial charge is 0.250 e. The molecular formula is C15H14N2O3S2. The average molecular weight is 334 g/mol. The molecule has 1 aromatic carbocycles. The largest absolute Gasteiger partial charge is 0.444 e. The number of oxazole rings is 1. The third-order valence-electron chi connectivity index (χ3n) is 3.01. The van der Waals surface area contributed by atoms with E-state index in [1.807, 2.05) is 30.3 Å². The first-order chi connectivity index (χ1) is 10.6. The van der Waals surface area contributed by atoms with Gasteiger partial charge in [-0.25, -0.2) is 18.1 Å². The minimum atomic E-state index is -3.42. The van der Waals surface area contributed by atoms with Gasteiger partial charge in [-0.15, -0.1) is 11.3 Å². The predicted molar refractivity (Wildman–Crippen MR) is 85.2 cm³/mol. The molecule has 7 heteroatoms. The maximum absolute atomic E-state index is 12.0. The van der Waals surface area contributed by atoms with Crippen LogP contribution in [-0.4, -0.2) is 19.9 Å². The third-order valence-corrected chi connectivity index (χ3v) is 5.86. The highest BCUT2D eigenvalue weighted by atomic mass is 32.2.